The summed E-state index contributed by atoms with van der Waals surface area (Å²) in [5.41, 5.74) is 2.78. The molecule has 0 aromatic heterocycles. The Balaban J connectivity index is 1.78. The van der Waals surface area contributed by atoms with E-state index in [2.05, 4.69) is 15.4 Å². The van der Waals surface area contributed by atoms with Crippen molar-refractivity contribution in [3.8, 4) is 0 Å². The number of benzene rings is 1. The normalized spacial score (nSPS) is 16.7. The molecule has 1 N–H and O–H groups in total. The number of rotatable bonds is 4. The van der Waals surface area contributed by atoms with Gasteiger partial charge in [0.2, 0.25) is 0 Å². The summed E-state index contributed by atoms with van der Waals surface area (Å²) in [7, 11) is 0. The summed E-state index contributed by atoms with van der Waals surface area (Å²) in [5.74, 6) is 1.60. The topological polar surface area (TPSA) is 44.7 Å². The van der Waals surface area contributed by atoms with Crippen LogP contribution in [0.1, 0.15) is 5.56 Å². The molecule has 102 valence electrons. The van der Waals surface area contributed by atoms with Gasteiger partial charge >= 0.3 is 0 Å². The standard InChI is InChI=1S/C13H16FN3OS/c14-12-4-2-1-3-11(12)9-15-16-13(18)10-17-5-7-19-8-6-17/h1-4,9H,5-8,10H2,(H,16,18)/b15-9-. The van der Waals surface area contributed by atoms with Crippen molar-refractivity contribution in [2.75, 3.05) is 31.1 Å². The summed E-state index contributed by atoms with van der Waals surface area (Å²) in [6.07, 6.45) is 1.32. The van der Waals surface area contributed by atoms with Crippen molar-refractivity contribution in [1.29, 1.82) is 0 Å². The molecule has 0 aliphatic carbocycles. The molecule has 1 heterocycles. The highest BCUT2D eigenvalue weighted by Crippen LogP contribution is 2.08. The van der Waals surface area contributed by atoms with Gasteiger partial charge in [-0.2, -0.15) is 16.9 Å². The quantitative estimate of drug-likeness (QED) is 0.669. The summed E-state index contributed by atoms with van der Waals surface area (Å²) < 4.78 is 13.3. The van der Waals surface area contributed by atoms with Crippen molar-refractivity contribution < 1.29 is 9.18 Å². The minimum absolute atomic E-state index is 0.167. The number of hydrazone groups is 1. The van der Waals surface area contributed by atoms with E-state index in [9.17, 15) is 9.18 Å². The van der Waals surface area contributed by atoms with Gasteiger partial charge in [0.05, 0.1) is 12.8 Å². The zero-order chi connectivity index (χ0) is 13.5. The lowest BCUT2D eigenvalue weighted by molar-refractivity contribution is -0.122. The molecular weight excluding hydrogens is 265 g/mol. The van der Waals surface area contributed by atoms with Gasteiger partial charge in [0.15, 0.2) is 0 Å². The zero-order valence-corrected chi connectivity index (χ0v) is 11.3. The van der Waals surface area contributed by atoms with E-state index in [1.807, 2.05) is 11.8 Å². The average Bonchev–Trinajstić information content (AvgIpc) is 2.42. The highest BCUT2D eigenvalue weighted by atomic mass is 32.2. The molecule has 0 unspecified atom stereocenters. The van der Waals surface area contributed by atoms with Gasteiger partial charge in [-0.05, 0) is 6.07 Å². The maximum atomic E-state index is 13.3. The van der Waals surface area contributed by atoms with Crippen LogP contribution in [-0.2, 0) is 4.79 Å². The third-order valence-electron chi connectivity index (χ3n) is 2.77. The van der Waals surface area contributed by atoms with Crippen molar-refractivity contribution in [3.63, 3.8) is 0 Å². The van der Waals surface area contributed by atoms with Gasteiger partial charge in [0, 0.05) is 30.2 Å². The minimum Gasteiger partial charge on any atom is -0.293 e. The molecule has 0 atom stereocenters. The molecule has 0 spiro atoms. The Hall–Kier alpha value is -1.40. The summed E-state index contributed by atoms with van der Waals surface area (Å²) in [6.45, 7) is 2.19. The Morgan fingerprint density at radius 2 is 2.16 bits per heavy atom. The van der Waals surface area contributed by atoms with Crippen LogP contribution in [0.4, 0.5) is 4.39 Å². The fourth-order valence-corrected chi connectivity index (χ4v) is 2.73. The van der Waals surface area contributed by atoms with E-state index in [0.717, 1.165) is 24.6 Å². The Morgan fingerprint density at radius 1 is 1.42 bits per heavy atom. The van der Waals surface area contributed by atoms with Crippen LogP contribution in [0.5, 0.6) is 0 Å². The van der Waals surface area contributed by atoms with Gasteiger partial charge in [-0.25, -0.2) is 9.82 Å². The first kappa shape index (κ1) is 14.0. The summed E-state index contributed by atoms with van der Waals surface area (Å²) in [5, 5.41) is 3.77. The second kappa shape index (κ2) is 7.25. The molecule has 0 bridgehead atoms. The van der Waals surface area contributed by atoms with Gasteiger partial charge in [-0.1, -0.05) is 18.2 Å². The Kier molecular flexibility index (Phi) is 5.35. The number of hydrogen-bond donors (Lipinski definition) is 1. The number of halogens is 1. The molecule has 1 aliphatic rings. The highest BCUT2D eigenvalue weighted by Gasteiger charge is 2.13. The summed E-state index contributed by atoms with van der Waals surface area (Å²) in [4.78, 5) is 13.7. The predicted octanol–water partition coefficient (Wildman–Crippen LogP) is 1.32. The van der Waals surface area contributed by atoms with Crippen LogP contribution in [0.15, 0.2) is 29.4 Å². The number of nitrogens with zero attached hydrogens (tertiary/aromatic N) is 2. The molecule has 1 aromatic rings. The number of hydrogen-bond acceptors (Lipinski definition) is 4. The van der Waals surface area contributed by atoms with Crippen LogP contribution >= 0.6 is 11.8 Å². The largest absolute Gasteiger partial charge is 0.293 e. The van der Waals surface area contributed by atoms with E-state index in [1.165, 1.54) is 12.3 Å². The lowest BCUT2D eigenvalue weighted by atomic mass is 10.2. The molecule has 1 fully saturated rings. The Bertz CT molecular complexity index is 461. The number of thioether (sulfide) groups is 1. The first-order chi connectivity index (χ1) is 9.25. The van der Waals surface area contributed by atoms with Gasteiger partial charge in [0.25, 0.3) is 5.91 Å². The smallest absolute Gasteiger partial charge is 0.254 e. The van der Waals surface area contributed by atoms with E-state index in [4.69, 9.17) is 0 Å². The fourth-order valence-electron chi connectivity index (χ4n) is 1.75. The Morgan fingerprint density at radius 3 is 2.89 bits per heavy atom. The zero-order valence-electron chi connectivity index (χ0n) is 10.5. The third-order valence-corrected chi connectivity index (χ3v) is 3.71. The first-order valence-corrected chi connectivity index (χ1v) is 7.28. The molecular formula is C13H16FN3OS. The molecule has 6 heteroatoms. The van der Waals surface area contributed by atoms with Crippen LogP contribution in [-0.4, -0.2) is 48.2 Å². The van der Waals surface area contributed by atoms with E-state index in [-0.39, 0.29) is 11.7 Å². The predicted molar refractivity (Wildman–Crippen MR) is 75.9 cm³/mol. The molecule has 1 saturated heterocycles. The van der Waals surface area contributed by atoms with E-state index in [0.29, 0.717) is 12.1 Å². The van der Waals surface area contributed by atoms with Crippen molar-refractivity contribution in [3.05, 3.63) is 35.6 Å². The van der Waals surface area contributed by atoms with Gasteiger partial charge in [-0.15, -0.1) is 0 Å². The number of amides is 1. The molecule has 2 rings (SSSR count). The van der Waals surface area contributed by atoms with E-state index < -0.39 is 0 Å². The number of nitrogens with one attached hydrogen (secondary N) is 1. The summed E-state index contributed by atoms with van der Waals surface area (Å²) in [6, 6.07) is 6.29. The first-order valence-electron chi connectivity index (χ1n) is 6.12. The minimum atomic E-state index is -0.353. The van der Waals surface area contributed by atoms with E-state index in [1.54, 1.807) is 18.2 Å². The maximum absolute atomic E-state index is 13.3. The van der Waals surface area contributed by atoms with Crippen LogP contribution < -0.4 is 5.43 Å². The Labute approximate surface area is 116 Å². The monoisotopic (exact) mass is 281 g/mol. The van der Waals surface area contributed by atoms with Crippen LogP contribution in [0.25, 0.3) is 0 Å². The van der Waals surface area contributed by atoms with Crippen molar-refractivity contribution in [2.24, 2.45) is 5.10 Å². The lowest BCUT2D eigenvalue weighted by Crippen LogP contribution is -2.40. The molecule has 1 aromatic carbocycles. The van der Waals surface area contributed by atoms with Crippen molar-refractivity contribution in [2.45, 2.75) is 0 Å². The molecule has 0 radical (unpaired) electrons. The van der Waals surface area contributed by atoms with Crippen molar-refractivity contribution >= 4 is 23.9 Å². The molecule has 4 nitrogen and oxygen atoms in total. The molecule has 0 saturated carbocycles. The van der Waals surface area contributed by atoms with Gasteiger partial charge in [0.1, 0.15) is 5.82 Å². The third kappa shape index (κ3) is 4.65. The molecule has 1 aliphatic heterocycles. The summed E-state index contributed by atoms with van der Waals surface area (Å²) >= 11 is 1.90. The fraction of sp³-hybridized carbons (Fsp3) is 0.385. The van der Waals surface area contributed by atoms with Gasteiger partial charge < -0.3 is 0 Å². The van der Waals surface area contributed by atoms with Gasteiger partial charge in [-0.3, -0.25) is 9.69 Å². The second-order valence-electron chi connectivity index (χ2n) is 4.20. The number of carbonyl (C=O) groups is 1. The highest BCUT2D eigenvalue weighted by molar-refractivity contribution is 7.99. The molecule has 1 amide bonds. The van der Waals surface area contributed by atoms with E-state index >= 15 is 0 Å². The van der Waals surface area contributed by atoms with Crippen LogP contribution in [0, 0.1) is 5.82 Å². The average molecular weight is 281 g/mol. The second-order valence-corrected chi connectivity index (χ2v) is 5.43. The molecule has 19 heavy (non-hydrogen) atoms. The lowest BCUT2D eigenvalue weighted by Gasteiger charge is -2.24. The maximum Gasteiger partial charge on any atom is 0.254 e. The van der Waals surface area contributed by atoms with Crippen molar-refractivity contribution in [1.82, 2.24) is 10.3 Å². The number of carbonyl (C=O) groups excluding carboxylic acids is 1. The SMILES string of the molecule is O=C(CN1CCSCC1)N/N=C\c1ccccc1F. The van der Waals surface area contributed by atoms with Crippen LogP contribution in [0.3, 0.4) is 0 Å². The van der Waals surface area contributed by atoms with Crippen LogP contribution in [0.2, 0.25) is 0 Å².